The molecule has 0 amide bonds. The zero-order valence-corrected chi connectivity index (χ0v) is 6.75. The third-order valence-corrected chi connectivity index (χ3v) is 1.60. The Labute approximate surface area is 74.0 Å². The van der Waals surface area contributed by atoms with E-state index in [2.05, 4.69) is 10.3 Å². The number of aldehydes is 1. The summed E-state index contributed by atoms with van der Waals surface area (Å²) in [6, 6.07) is 1.84. The largest absolute Gasteiger partial charge is 0.472 e. The topological polar surface area (TPSA) is 60.9 Å². The van der Waals surface area contributed by atoms with Gasteiger partial charge in [0, 0.05) is 5.56 Å². The molecule has 2 rings (SSSR count). The first-order valence-electron chi connectivity index (χ1n) is 3.75. The second-order valence-electron chi connectivity index (χ2n) is 2.59. The van der Waals surface area contributed by atoms with Crippen LogP contribution in [-0.2, 0) is 6.54 Å². The molecule has 2 aromatic heterocycles. The number of carbonyl (C=O) groups excluding carboxylic acids is 1. The van der Waals surface area contributed by atoms with E-state index in [4.69, 9.17) is 4.42 Å². The molecule has 0 saturated heterocycles. The summed E-state index contributed by atoms with van der Waals surface area (Å²) in [6.07, 6.45) is 5.47. The zero-order valence-electron chi connectivity index (χ0n) is 6.75. The van der Waals surface area contributed by atoms with Crippen LogP contribution in [0, 0.1) is 0 Å². The number of hydrogen-bond acceptors (Lipinski definition) is 4. The number of hydrogen-bond donors (Lipinski definition) is 0. The summed E-state index contributed by atoms with van der Waals surface area (Å²) in [7, 11) is 0. The maximum Gasteiger partial charge on any atom is 0.171 e. The summed E-state index contributed by atoms with van der Waals surface area (Å²) in [6.45, 7) is 0.567. The fraction of sp³-hybridized carbons (Fsp3) is 0.125. The highest BCUT2D eigenvalue weighted by molar-refractivity contribution is 5.70. The Balaban J connectivity index is 2.14. The number of rotatable bonds is 3. The van der Waals surface area contributed by atoms with Gasteiger partial charge >= 0.3 is 0 Å². The first-order chi connectivity index (χ1) is 6.38. The van der Waals surface area contributed by atoms with E-state index in [1.165, 1.54) is 0 Å². The quantitative estimate of drug-likeness (QED) is 0.648. The molecule has 0 saturated carbocycles. The Morgan fingerprint density at radius 1 is 1.62 bits per heavy atom. The van der Waals surface area contributed by atoms with Crippen LogP contribution in [0.5, 0.6) is 0 Å². The zero-order chi connectivity index (χ0) is 9.10. The first-order valence-corrected chi connectivity index (χ1v) is 3.75. The molecular weight excluding hydrogens is 170 g/mol. The Morgan fingerprint density at radius 2 is 2.54 bits per heavy atom. The van der Waals surface area contributed by atoms with Crippen molar-refractivity contribution in [1.82, 2.24) is 15.0 Å². The summed E-state index contributed by atoms with van der Waals surface area (Å²) < 4.78 is 6.47. The Bertz CT molecular complexity index is 391. The van der Waals surface area contributed by atoms with Crippen LogP contribution in [0.2, 0.25) is 0 Å². The summed E-state index contributed by atoms with van der Waals surface area (Å²) in [4.78, 5) is 10.3. The second-order valence-corrected chi connectivity index (χ2v) is 2.59. The molecule has 0 bridgehead atoms. The molecule has 2 heterocycles. The molecule has 0 unspecified atom stereocenters. The molecule has 0 N–H and O–H groups in total. The third kappa shape index (κ3) is 1.64. The fourth-order valence-corrected chi connectivity index (χ4v) is 1.01. The Morgan fingerprint density at radius 3 is 3.15 bits per heavy atom. The molecule has 0 aliphatic heterocycles. The molecule has 0 aliphatic carbocycles. The summed E-state index contributed by atoms with van der Waals surface area (Å²) in [5.41, 5.74) is 1.32. The van der Waals surface area contributed by atoms with E-state index in [9.17, 15) is 4.79 Å². The average Bonchev–Trinajstić information content (AvgIpc) is 2.76. The molecule has 0 fully saturated rings. The normalized spacial score (nSPS) is 10.2. The van der Waals surface area contributed by atoms with Crippen molar-refractivity contribution in [2.24, 2.45) is 0 Å². The lowest BCUT2D eigenvalue weighted by Gasteiger charge is -1.93. The number of nitrogens with zero attached hydrogens (tertiary/aromatic N) is 3. The van der Waals surface area contributed by atoms with E-state index >= 15 is 0 Å². The van der Waals surface area contributed by atoms with E-state index in [-0.39, 0.29) is 0 Å². The third-order valence-electron chi connectivity index (χ3n) is 1.60. The minimum absolute atomic E-state index is 0.337. The number of carbonyl (C=O) groups is 1. The molecule has 5 heteroatoms. The maximum absolute atomic E-state index is 10.3. The highest BCUT2D eigenvalue weighted by atomic mass is 16.3. The first kappa shape index (κ1) is 7.72. The minimum Gasteiger partial charge on any atom is -0.472 e. The van der Waals surface area contributed by atoms with Crippen molar-refractivity contribution in [3.63, 3.8) is 0 Å². The van der Waals surface area contributed by atoms with Crippen molar-refractivity contribution in [3.8, 4) is 0 Å². The van der Waals surface area contributed by atoms with Gasteiger partial charge in [0.2, 0.25) is 0 Å². The lowest BCUT2D eigenvalue weighted by atomic mass is 10.3. The van der Waals surface area contributed by atoms with Gasteiger partial charge in [-0.1, -0.05) is 5.21 Å². The lowest BCUT2D eigenvalue weighted by Crippen LogP contribution is -1.98. The molecule has 66 valence electrons. The van der Waals surface area contributed by atoms with Crippen molar-refractivity contribution in [3.05, 3.63) is 36.0 Å². The van der Waals surface area contributed by atoms with Gasteiger partial charge in [0.05, 0.1) is 25.3 Å². The monoisotopic (exact) mass is 177 g/mol. The highest BCUT2D eigenvalue weighted by Gasteiger charge is 2.00. The molecule has 0 aliphatic rings. The van der Waals surface area contributed by atoms with Crippen molar-refractivity contribution >= 4 is 6.29 Å². The maximum atomic E-state index is 10.3. The standard InChI is InChI=1S/C8H7N3O2/c12-5-8-4-11(10-9-8)3-7-1-2-13-6-7/h1-2,4-6H,3H2. The van der Waals surface area contributed by atoms with Crippen LogP contribution < -0.4 is 0 Å². The van der Waals surface area contributed by atoms with Crippen molar-refractivity contribution in [2.45, 2.75) is 6.54 Å². The van der Waals surface area contributed by atoms with Gasteiger partial charge in [-0.05, 0) is 6.07 Å². The van der Waals surface area contributed by atoms with Gasteiger partial charge in [-0.25, -0.2) is 4.68 Å². The second kappa shape index (κ2) is 3.22. The van der Waals surface area contributed by atoms with E-state index in [1.54, 1.807) is 23.4 Å². The van der Waals surface area contributed by atoms with Gasteiger partial charge in [0.1, 0.15) is 5.69 Å². The molecule has 2 aromatic rings. The molecular formula is C8H7N3O2. The van der Waals surface area contributed by atoms with Gasteiger partial charge < -0.3 is 4.42 Å². The van der Waals surface area contributed by atoms with Crippen LogP contribution in [0.3, 0.4) is 0 Å². The van der Waals surface area contributed by atoms with Crippen molar-refractivity contribution in [1.29, 1.82) is 0 Å². The van der Waals surface area contributed by atoms with Crippen LogP contribution in [0.25, 0.3) is 0 Å². The van der Waals surface area contributed by atoms with E-state index in [0.29, 0.717) is 18.5 Å². The van der Waals surface area contributed by atoms with Crippen molar-refractivity contribution < 1.29 is 9.21 Å². The highest BCUT2D eigenvalue weighted by Crippen LogP contribution is 2.02. The molecule has 0 spiro atoms. The Kier molecular flexibility index (Phi) is 1.91. The molecule has 5 nitrogen and oxygen atoms in total. The van der Waals surface area contributed by atoms with Crippen LogP contribution in [0.4, 0.5) is 0 Å². The van der Waals surface area contributed by atoms with Gasteiger partial charge in [-0.15, -0.1) is 5.10 Å². The predicted octanol–water partition coefficient (Wildman–Crippen LogP) is 0.732. The van der Waals surface area contributed by atoms with Gasteiger partial charge in [-0.3, -0.25) is 4.79 Å². The van der Waals surface area contributed by atoms with Crippen LogP contribution in [-0.4, -0.2) is 21.3 Å². The van der Waals surface area contributed by atoms with E-state index in [1.807, 2.05) is 6.07 Å². The summed E-state index contributed by atoms with van der Waals surface area (Å²) >= 11 is 0. The molecule has 13 heavy (non-hydrogen) atoms. The SMILES string of the molecule is O=Cc1cn(Cc2ccoc2)nn1. The minimum atomic E-state index is 0.337. The fourth-order valence-electron chi connectivity index (χ4n) is 1.01. The van der Waals surface area contributed by atoms with Crippen molar-refractivity contribution in [2.75, 3.05) is 0 Å². The van der Waals surface area contributed by atoms with E-state index < -0.39 is 0 Å². The Hall–Kier alpha value is -1.91. The van der Waals surface area contributed by atoms with Gasteiger partial charge in [-0.2, -0.15) is 0 Å². The number of aromatic nitrogens is 3. The average molecular weight is 177 g/mol. The molecule has 0 atom stereocenters. The van der Waals surface area contributed by atoms with Crippen LogP contribution in [0.1, 0.15) is 16.1 Å². The van der Waals surface area contributed by atoms with Crippen LogP contribution in [0.15, 0.2) is 29.2 Å². The predicted molar refractivity (Wildman–Crippen MR) is 43.2 cm³/mol. The smallest absolute Gasteiger partial charge is 0.171 e. The lowest BCUT2D eigenvalue weighted by molar-refractivity contribution is 0.111. The molecule has 0 radical (unpaired) electrons. The van der Waals surface area contributed by atoms with Gasteiger partial charge in [0.15, 0.2) is 6.29 Å². The molecule has 0 aromatic carbocycles. The summed E-state index contributed by atoms with van der Waals surface area (Å²) in [5.74, 6) is 0. The van der Waals surface area contributed by atoms with Gasteiger partial charge in [0.25, 0.3) is 0 Å². The summed E-state index contributed by atoms with van der Waals surface area (Å²) in [5, 5.41) is 7.39. The number of furan rings is 1. The van der Waals surface area contributed by atoms with Crippen LogP contribution >= 0.6 is 0 Å². The van der Waals surface area contributed by atoms with E-state index in [0.717, 1.165) is 5.56 Å².